The second kappa shape index (κ2) is 6.55. The van der Waals surface area contributed by atoms with Crippen molar-refractivity contribution in [2.75, 3.05) is 14.1 Å². The predicted molar refractivity (Wildman–Crippen MR) is 77.8 cm³/mol. The summed E-state index contributed by atoms with van der Waals surface area (Å²) in [7, 11) is 4.05. The first-order chi connectivity index (χ1) is 9.17. The zero-order valence-electron chi connectivity index (χ0n) is 11.9. The first kappa shape index (κ1) is 13.8. The number of benzene rings is 1. The molecule has 3 heteroatoms. The van der Waals surface area contributed by atoms with E-state index in [0.29, 0.717) is 0 Å². The molecule has 0 bridgehead atoms. The largest absolute Gasteiger partial charge is 0.468 e. The second-order valence-corrected chi connectivity index (χ2v) is 5.11. The van der Waals surface area contributed by atoms with E-state index in [9.17, 15) is 0 Å². The molecular weight excluding hydrogens is 236 g/mol. The van der Waals surface area contributed by atoms with Crippen molar-refractivity contribution in [3.63, 3.8) is 0 Å². The molecule has 0 saturated heterocycles. The monoisotopic (exact) mass is 258 g/mol. The fraction of sp³-hybridized carbons (Fsp3) is 0.375. The van der Waals surface area contributed by atoms with Gasteiger partial charge in [-0.3, -0.25) is 4.90 Å². The van der Waals surface area contributed by atoms with Gasteiger partial charge in [0.15, 0.2) is 0 Å². The third-order valence-corrected chi connectivity index (χ3v) is 3.09. The average molecular weight is 258 g/mol. The molecule has 0 saturated carbocycles. The summed E-state index contributed by atoms with van der Waals surface area (Å²) in [6.45, 7) is 4.73. The Morgan fingerprint density at radius 3 is 2.53 bits per heavy atom. The number of rotatable bonds is 6. The normalized spacial score (nSPS) is 11.2. The lowest BCUT2D eigenvalue weighted by Gasteiger charge is -2.15. The van der Waals surface area contributed by atoms with Gasteiger partial charge < -0.3 is 9.73 Å². The van der Waals surface area contributed by atoms with Crippen molar-refractivity contribution in [1.82, 2.24) is 10.2 Å². The summed E-state index contributed by atoms with van der Waals surface area (Å²) in [5, 5.41) is 3.12. The van der Waals surface area contributed by atoms with Crippen LogP contribution in [-0.2, 0) is 19.6 Å². The maximum Gasteiger partial charge on any atom is 0.118 e. The molecule has 0 aliphatic heterocycles. The van der Waals surface area contributed by atoms with E-state index in [2.05, 4.69) is 54.5 Å². The van der Waals surface area contributed by atoms with Crippen LogP contribution in [0, 0.1) is 6.92 Å². The van der Waals surface area contributed by atoms with Crippen molar-refractivity contribution in [2.24, 2.45) is 0 Å². The zero-order chi connectivity index (χ0) is 13.7. The lowest BCUT2D eigenvalue weighted by Crippen LogP contribution is -2.16. The van der Waals surface area contributed by atoms with Crippen LogP contribution >= 0.6 is 0 Å². The molecule has 1 aromatic carbocycles. The van der Waals surface area contributed by atoms with E-state index in [0.717, 1.165) is 25.4 Å². The van der Waals surface area contributed by atoms with Crippen LogP contribution in [0.15, 0.2) is 41.0 Å². The molecule has 1 heterocycles. The number of nitrogens with one attached hydrogen (secondary N) is 1. The van der Waals surface area contributed by atoms with Crippen LogP contribution in [0.5, 0.6) is 0 Å². The highest BCUT2D eigenvalue weighted by molar-refractivity contribution is 5.21. The van der Waals surface area contributed by atoms with E-state index >= 15 is 0 Å². The number of nitrogens with zero attached hydrogens (tertiary/aromatic N) is 1. The standard InChI is InChI=1S/C16H22N2O/c1-13-4-6-14(7-5-13)10-18(3)11-16-8-15(9-17-2)12-19-16/h4-8,12,17H,9-11H2,1-3H3. The fourth-order valence-corrected chi connectivity index (χ4v) is 2.13. The van der Waals surface area contributed by atoms with E-state index in [4.69, 9.17) is 4.42 Å². The summed E-state index contributed by atoms with van der Waals surface area (Å²) in [6.07, 6.45) is 1.82. The Morgan fingerprint density at radius 1 is 1.11 bits per heavy atom. The molecule has 0 radical (unpaired) electrons. The Labute approximate surface area is 115 Å². The van der Waals surface area contributed by atoms with Gasteiger partial charge in [-0.1, -0.05) is 29.8 Å². The van der Waals surface area contributed by atoms with Gasteiger partial charge in [0.05, 0.1) is 12.8 Å². The van der Waals surface area contributed by atoms with Crippen molar-refractivity contribution in [3.05, 3.63) is 59.0 Å². The molecule has 3 nitrogen and oxygen atoms in total. The van der Waals surface area contributed by atoms with Gasteiger partial charge >= 0.3 is 0 Å². The molecule has 0 aliphatic carbocycles. The van der Waals surface area contributed by atoms with Crippen LogP contribution in [0.2, 0.25) is 0 Å². The van der Waals surface area contributed by atoms with Crippen LogP contribution < -0.4 is 5.32 Å². The molecule has 0 amide bonds. The lowest BCUT2D eigenvalue weighted by molar-refractivity contribution is 0.288. The minimum atomic E-state index is 0.831. The summed E-state index contributed by atoms with van der Waals surface area (Å²) in [5.41, 5.74) is 3.82. The molecule has 1 aromatic heterocycles. The quantitative estimate of drug-likeness (QED) is 0.863. The van der Waals surface area contributed by atoms with Gasteiger partial charge in [-0.05, 0) is 32.6 Å². The Hall–Kier alpha value is -1.58. The third-order valence-electron chi connectivity index (χ3n) is 3.09. The number of hydrogen-bond acceptors (Lipinski definition) is 3. The lowest BCUT2D eigenvalue weighted by atomic mass is 10.1. The maximum absolute atomic E-state index is 5.56. The predicted octanol–water partition coefficient (Wildman–Crippen LogP) is 2.94. The molecule has 0 atom stereocenters. The molecule has 2 aromatic rings. The molecule has 0 aliphatic rings. The summed E-state index contributed by atoms with van der Waals surface area (Å²) < 4.78 is 5.56. The van der Waals surface area contributed by atoms with E-state index in [1.165, 1.54) is 16.7 Å². The van der Waals surface area contributed by atoms with E-state index < -0.39 is 0 Å². The number of aryl methyl sites for hydroxylation is 1. The molecule has 0 unspecified atom stereocenters. The first-order valence-electron chi connectivity index (χ1n) is 6.62. The topological polar surface area (TPSA) is 28.4 Å². The third kappa shape index (κ3) is 4.23. The minimum absolute atomic E-state index is 0.831. The highest BCUT2D eigenvalue weighted by atomic mass is 16.3. The number of furan rings is 1. The molecule has 0 fully saturated rings. The zero-order valence-corrected chi connectivity index (χ0v) is 11.9. The fourth-order valence-electron chi connectivity index (χ4n) is 2.13. The van der Waals surface area contributed by atoms with Crippen molar-refractivity contribution in [1.29, 1.82) is 0 Å². The maximum atomic E-state index is 5.56. The van der Waals surface area contributed by atoms with Crippen LogP contribution in [0.1, 0.15) is 22.5 Å². The Balaban J connectivity index is 1.89. The average Bonchev–Trinajstić information content (AvgIpc) is 2.80. The van der Waals surface area contributed by atoms with Crippen molar-refractivity contribution >= 4 is 0 Å². The summed E-state index contributed by atoms with van der Waals surface area (Å²) in [6, 6.07) is 10.8. The Kier molecular flexibility index (Phi) is 4.77. The van der Waals surface area contributed by atoms with Gasteiger partial charge in [0.2, 0.25) is 0 Å². The molecule has 2 rings (SSSR count). The van der Waals surface area contributed by atoms with Gasteiger partial charge in [0, 0.05) is 18.7 Å². The summed E-state index contributed by atoms with van der Waals surface area (Å²) in [4.78, 5) is 2.26. The first-order valence-corrected chi connectivity index (χ1v) is 6.62. The van der Waals surface area contributed by atoms with E-state index in [1.807, 2.05) is 13.3 Å². The van der Waals surface area contributed by atoms with Crippen LogP contribution in [0.3, 0.4) is 0 Å². The van der Waals surface area contributed by atoms with Gasteiger partial charge in [-0.15, -0.1) is 0 Å². The van der Waals surface area contributed by atoms with Gasteiger partial charge in [-0.2, -0.15) is 0 Å². The molecule has 102 valence electrons. The minimum Gasteiger partial charge on any atom is -0.468 e. The van der Waals surface area contributed by atoms with Crippen LogP contribution in [0.4, 0.5) is 0 Å². The van der Waals surface area contributed by atoms with Crippen molar-refractivity contribution in [2.45, 2.75) is 26.6 Å². The molecular formula is C16H22N2O. The Morgan fingerprint density at radius 2 is 1.84 bits per heavy atom. The van der Waals surface area contributed by atoms with Gasteiger partial charge in [0.25, 0.3) is 0 Å². The molecule has 0 spiro atoms. The summed E-state index contributed by atoms with van der Waals surface area (Å²) >= 11 is 0. The second-order valence-electron chi connectivity index (χ2n) is 5.11. The molecule has 19 heavy (non-hydrogen) atoms. The smallest absolute Gasteiger partial charge is 0.118 e. The van der Waals surface area contributed by atoms with Crippen molar-refractivity contribution in [3.8, 4) is 0 Å². The SMILES string of the molecule is CNCc1coc(CN(C)Cc2ccc(C)cc2)c1. The highest BCUT2D eigenvalue weighted by Crippen LogP contribution is 2.12. The van der Waals surface area contributed by atoms with E-state index in [1.54, 1.807) is 0 Å². The van der Waals surface area contributed by atoms with E-state index in [-0.39, 0.29) is 0 Å². The molecule has 1 N–H and O–H groups in total. The van der Waals surface area contributed by atoms with Crippen LogP contribution in [-0.4, -0.2) is 19.0 Å². The highest BCUT2D eigenvalue weighted by Gasteiger charge is 2.06. The van der Waals surface area contributed by atoms with Gasteiger partial charge in [-0.25, -0.2) is 0 Å². The Bertz CT molecular complexity index is 502. The summed E-state index contributed by atoms with van der Waals surface area (Å²) in [5.74, 6) is 1.01. The van der Waals surface area contributed by atoms with Crippen molar-refractivity contribution < 1.29 is 4.42 Å². The van der Waals surface area contributed by atoms with Gasteiger partial charge in [0.1, 0.15) is 5.76 Å². The van der Waals surface area contributed by atoms with Crippen LogP contribution in [0.25, 0.3) is 0 Å². The number of hydrogen-bond donors (Lipinski definition) is 1.